The number of benzene rings is 3. The molecule has 0 unspecified atom stereocenters. The quantitative estimate of drug-likeness (QED) is 0.366. The van der Waals surface area contributed by atoms with Crippen molar-refractivity contribution in [3.63, 3.8) is 0 Å². The first kappa shape index (κ1) is 20.6. The van der Waals surface area contributed by atoms with Crippen LogP contribution in [0.4, 0.5) is 4.39 Å². The van der Waals surface area contributed by atoms with E-state index in [1.807, 2.05) is 30.3 Å². The number of unbranched alkanes of at least 4 members (excludes halogenated alkanes) is 4. The Labute approximate surface area is 179 Å². The maximum atomic E-state index is 15.3. The van der Waals surface area contributed by atoms with Crippen molar-refractivity contribution in [1.29, 1.82) is 5.26 Å². The van der Waals surface area contributed by atoms with Crippen LogP contribution in [0.5, 0.6) is 0 Å². The molecule has 0 N–H and O–H groups in total. The van der Waals surface area contributed by atoms with Gasteiger partial charge in [-0.1, -0.05) is 75.4 Å². The lowest BCUT2D eigenvalue weighted by atomic mass is 9.78. The molecule has 0 spiro atoms. The van der Waals surface area contributed by atoms with Crippen LogP contribution in [-0.2, 0) is 6.42 Å². The number of rotatable bonds is 7. The third-order valence-electron chi connectivity index (χ3n) is 6.67. The topological polar surface area (TPSA) is 23.8 Å². The third-order valence-corrected chi connectivity index (χ3v) is 6.67. The molecular weight excluding hydrogens is 369 g/mol. The summed E-state index contributed by atoms with van der Waals surface area (Å²) in [5.41, 5.74) is 5.01. The molecule has 4 rings (SSSR count). The molecule has 0 radical (unpaired) electrons. The Morgan fingerprint density at radius 1 is 0.933 bits per heavy atom. The molecule has 3 aromatic rings. The molecule has 0 saturated carbocycles. The Hall–Kier alpha value is -2.66. The van der Waals surface area contributed by atoms with Crippen molar-refractivity contribution in [2.24, 2.45) is 5.92 Å². The van der Waals surface area contributed by atoms with Gasteiger partial charge in [-0.05, 0) is 76.4 Å². The predicted molar refractivity (Wildman–Crippen MR) is 123 cm³/mol. The number of aryl methyl sites for hydroxylation is 1. The van der Waals surface area contributed by atoms with Crippen LogP contribution in [0.25, 0.3) is 21.9 Å². The van der Waals surface area contributed by atoms with Crippen molar-refractivity contribution in [1.82, 2.24) is 0 Å². The van der Waals surface area contributed by atoms with Gasteiger partial charge in [-0.2, -0.15) is 5.26 Å². The SMILES string of the molecule is CCCCCCC[C@@H]1CCc2c(ccc3cc(-c4ccc(C#N)cc4)ccc23)[C@H]1F. The first-order chi connectivity index (χ1) is 14.7. The first-order valence-corrected chi connectivity index (χ1v) is 11.4. The van der Waals surface area contributed by atoms with Gasteiger partial charge in [0.25, 0.3) is 0 Å². The van der Waals surface area contributed by atoms with Crippen molar-refractivity contribution < 1.29 is 4.39 Å². The van der Waals surface area contributed by atoms with Crippen LogP contribution >= 0.6 is 0 Å². The van der Waals surface area contributed by atoms with Gasteiger partial charge in [-0.25, -0.2) is 4.39 Å². The van der Waals surface area contributed by atoms with Crippen LogP contribution in [0.3, 0.4) is 0 Å². The number of nitrogens with zero attached hydrogens (tertiary/aromatic N) is 1. The van der Waals surface area contributed by atoms with E-state index >= 15 is 4.39 Å². The highest BCUT2D eigenvalue weighted by atomic mass is 19.1. The lowest BCUT2D eigenvalue weighted by Crippen LogP contribution is -2.18. The molecule has 0 amide bonds. The van der Waals surface area contributed by atoms with Crippen molar-refractivity contribution in [2.45, 2.75) is 64.5 Å². The number of hydrogen-bond acceptors (Lipinski definition) is 1. The summed E-state index contributed by atoms with van der Waals surface area (Å²) in [6.07, 6.45) is 8.33. The Kier molecular flexibility index (Phi) is 6.48. The first-order valence-electron chi connectivity index (χ1n) is 11.4. The Morgan fingerprint density at radius 2 is 1.70 bits per heavy atom. The van der Waals surface area contributed by atoms with Crippen LogP contribution < -0.4 is 0 Å². The molecule has 1 nitrogen and oxygen atoms in total. The largest absolute Gasteiger partial charge is 0.242 e. The molecule has 1 aliphatic rings. The van der Waals surface area contributed by atoms with E-state index in [0.29, 0.717) is 5.56 Å². The number of fused-ring (bicyclic) bond motifs is 3. The summed E-state index contributed by atoms with van der Waals surface area (Å²) in [4.78, 5) is 0. The fourth-order valence-corrected chi connectivity index (χ4v) is 4.90. The monoisotopic (exact) mass is 399 g/mol. The zero-order valence-corrected chi connectivity index (χ0v) is 17.8. The third kappa shape index (κ3) is 4.26. The van der Waals surface area contributed by atoms with E-state index in [0.717, 1.165) is 42.4 Å². The molecule has 0 aromatic heterocycles. The van der Waals surface area contributed by atoms with E-state index in [9.17, 15) is 0 Å². The standard InChI is InChI=1S/C28H30FN/c1-2-3-4-5-6-7-22-12-16-26-25-15-13-23(21-10-8-20(19-30)9-11-21)18-24(25)14-17-27(26)28(22)29/h8-11,13-15,17-18,22,28H,2-7,12,16H2,1H3/t22-,28+/m1/s1. The molecule has 1 aliphatic carbocycles. The minimum Gasteiger partial charge on any atom is -0.242 e. The molecule has 3 aromatic carbocycles. The van der Waals surface area contributed by atoms with Crippen molar-refractivity contribution in [2.75, 3.05) is 0 Å². The summed E-state index contributed by atoms with van der Waals surface area (Å²) in [5, 5.41) is 11.4. The van der Waals surface area contributed by atoms with E-state index < -0.39 is 6.17 Å². The second kappa shape index (κ2) is 9.43. The van der Waals surface area contributed by atoms with Crippen LogP contribution in [-0.4, -0.2) is 0 Å². The van der Waals surface area contributed by atoms with Crippen LogP contribution in [0, 0.1) is 17.2 Å². The van der Waals surface area contributed by atoms with Gasteiger partial charge >= 0.3 is 0 Å². The smallest absolute Gasteiger partial charge is 0.128 e. The number of nitriles is 1. The number of halogens is 1. The van der Waals surface area contributed by atoms with Gasteiger partial charge in [0, 0.05) is 0 Å². The lowest BCUT2D eigenvalue weighted by Gasteiger charge is -2.29. The molecule has 30 heavy (non-hydrogen) atoms. The normalized spacial score (nSPS) is 18.2. The zero-order chi connectivity index (χ0) is 20.9. The summed E-state index contributed by atoms with van der Waals surface area (Å²) in [6, 6.07) is 20.4. The second-order valence-corrected chi connectivity index (χ2v) is 8.66. The second-order valence-electron chi connectivity index (χ2n) is 8.66. The van der Waals surface area contributed by atoms with Crippen LogP contribution in [0.2, 0.25) is 0 Å². The molecule has 0 fully saturated rings. The highest BCUT2D eigenvalue weighted by Gasteiger charge is 2.30. The van der Waals surface area contributed by atoms with Gasteiger partial charge in [-0.3, -0.25) is 0 Å². The van der Waals surface area contributed by atoms with Gasteiger partial charge in [0.1, 0.15) is 6.17 Å². The number of hydrogen-bond donors (Lipinski definition) is 0. The Morgan fingerprint density at radius 3 is 2.47 bits per heavy atom. The van der Waals surface area contributed by atoms with Gasteiger partial charge in [0.05, 0.1) is 11.6 Å². The van der Waals surface area contributed by atoms with Gasteiger partial charge in [-0.15, -0.1) is 0 Å². The molecule has 0 bridgehead atoms. The fraction of sp³-hybridized carbons (Fsp3) is 0.393. The Balaban J connectivity index is 1.54. The van der Waals surface area contributed by atoms with Crippen LogP contribution in [0.15, 0.2) is 54.6 Å². The maximum Gasteiger partial charge on any atom is 0.128 e. The molecule has 0 saturated heterocycles. The summed E-state index contributed by atoms with van der Waals surface area (Å²) < 4.78 is 15.3. The van der Waals surface area contributed by atoms with Crippen LogP contribution in [0.1, 0.15) is 74.7 Å². The fourth-order valence-electron chi connectivity index (χ4n) is 4.90. The molecular formula is C28H30FN. The Bertz CT molecular complexity index is 1040. The molecule has 0 heterocycles. The maximum absolute atomic E-state index is 15.3. The molecule has 154 valence electrons. The van der Waals surface area contributed by atoms with E-state index in [2.05, 4.69) is 37.3 Å². The summed E-state index contributed by atoms with van der Waals surface area (Å²) in [7, 11) is 0. The zero-order valence-electron chi connectivity index (χ0n) is 17.8. The highest BCUT2D eigenvalue weighted by molar-refractivity contribution is 5.91. The number of alkyl halides is 1. The molecule has 2 heteroatoms. The predicted octanol–water partition coefficient (Wildman–Crippen LogP) is 8.31. The minimum atomic E-state index is -0.831. The van der Waals surface area contributed by atoms with Gasteiger partial charge < -0.3 is 0 Å². The van der Waals surface area contributed by atoms with Crippen molar-refractivity contribution in [3.05, 3.63) is 71.3 Å². The molecule has 2 atom stereocenters. The van der Waals surface area contributed by atoms with Crippen molar-refractivity contribution in [3.8, 4) is 17.2 Å². The van der Waals surface area contributed by atoms with E-state index in [4.69, 9.17) is 5.26 Å². The average molecular weight is 400 g/mol. The summed E-state index contributed by atoms with van der Waals surface area (Å²) >= 11 is 0. The van der Waals surface area contributed by atoms with E-state index in [-0.39, 0.29) is 5.92 Å². The highest BCUT2D eigenvalue weighted by Crippen LogP contribution is 2.43. The van der Waals surface area contributed by atoms with E-state index in [1.165, 1.54) is 42.0 Å². The van der Waals surface area contributed by atoms with Crippen molar-refractivity contribution >= 4 is 10.8 Å². The summed E-state index contributed by atoms with van der Waals surface area (Å²) in [5.74, 6) is 0.175. The van der Waals surface area contributed by atoms with Gasteiger partial charge in [0.15, 0.2) is 0 Å². The lowest BCUT2D eigenvalue weighted by molar-refractivity contribution is 0.192. The minimum absolute atomic E-state index is 0.175. The van der Waals surface area contributed by atoms with Gasteiger partial charge in [0.2, 0.25) is 0 Å². The molecule has 0 aliphatic heterocycles. The average Bonchev–Trinajstić information content (AvgIpc) is 2.79. The summed E-state index contributed by atoms with van der Waals surface area (Å²) in [6.45, 7) is 2.23. The van der Waals surface area contributed by atoms with E-state index in [1.54, 1.807) is 0 Å².